The molecule has 0 fully saturated rings. The van der Waals surface area contributed by atoms with Gasteiger partial charge < -0.3 is 5.11 Å². The molecule has 3 nitrogen and oxygen atoms in total. The highest BCUT2D eigenvalue weighted by molar-refractivity contribution is 9.10. The number of nitrogens with zero attached hydrogens (tertiary/aromatic N) is 2. The maximum absolute atomic E-state index is 9.60. The predicted octanol–water partition coefficient (Wildman–Crippen LogP) is 2.82. The molecule has 1 heterocycles. The molecule has 5 heteroatoms. The highest BCUT2D eigenvalue weighted by Gasteiger charge is 2.06. The van der Waals surface area contributed by atoms with Gasteiger partial charge in [0.05, 0.1) is 0 Å². The Morgan fingerprint density at radius 2 is 2.21 bits per heavy atom. The molecule has 0 saturated heterocycles. The van der Waals surface area contributed by atoms with Gasteiger partial charge >= 0.3 is 0 Å². The third-order valence-corrected chi connectivity index (χ3v) is 3.09. The maximum Gasteiger partial charge on any atom is 0.187 e. The van der Waals surface area contributed by atoms with Crippen molar-refractivity contribution in [3.8, 4) is 5.75 Å². The highest BCUT2D eigenvalue weighted by atomic mass is 79.9. The van der Waals surface area contributed by atoms with Crippen LogP contribution in [0.15, 0.2) is 28.0 Å². The molecule has 0 aliphatic carbocycles. The number of benzene rings is 1. The van der Waals surface area contributed by atoms with Crippen molar-refractivity contribution in [1.82, 2.24) is 9.97 Å². The summed E-state index contributed by atoms with van der Waals surface area (Å²) in [6.07, 6.45) is 3.61. The number of thioether (sulfide) groups is 1. The summed E-state index contributed by atoms with van der Waals surface area (Å²) in [5.41, 5.74) is 0.582. The second-order valence-electron chi connectivity index (χ2n) is 2.69. The van der Waals surface area contributed by atoms with E-state index in [9.17, 15) is 5.11 Å². The van der Waals surface area contributed by atoms with Crippen molar-refractivity contribution in [3.63, 3.8) is 0 Å². The molecule has 0 aliphatic rings. The van der Waals surface area contributed by atoms with Crippen LogP contribution in [-0.2, 0) is 0 Å². The van der Waals surface area contributed by atoms with E-state index in [4.69, 9.17) is 0 Å². The van der Waals surface area contributed by atoms with Crippen molar-refractivity contribution in [2.75, 3.05) is 6.26 Å². The van der Waals surface area contributed by atoms with E-state index < -0.39 is 0 Å². The molecule has 0 saturated carbocycles. The van der Waals surface area contributed by atoms with Crippen molar-refractivity contribution in [1.29, 1.82) is 0 Å². The van der Waals surface area contributed by atoms with E-state index in [1.54, 1.807) is 18.3 Å². The topological polar surface area (TPSA) is 46.0 Å². The minimum atomic E-state index is 0.181. The van der Waals surface area contributed by atoms with E-state index >= 15 is 0 Å². The molecule has 0 bridgehead atoms. The zero-order chi connectivity index (χ0) is 10.1. The van der Waals surface area contributed by atoms with E-state index in [1.807, 2.05) is 6.26 Å². The molecule has 2 aromatic rings. The number of hydrogen-bond acceptors (Lipinski definition) is 4. The van der Waals surface area contributed by atoms with Crippen LogP contribution < -0.4 is 0 Å². The number of rotatable bonds is 1. The molecule has 0 atom stereocenters. The largest absolute Gasteiger partial charge is 0.506 e. The Morgan fingerprint density at radius 3 is 2.93 bits per heavy atom. The number of phenols is 1. The second kappa shape index (κ2) is 3.74. The van der Waals surface area contributed by atoms with Gasteiger partial charge in [-0.3, -0.25) is 0 Å². The summed E-state index contributed by atoms with van der Waals surface area (Å²) >= 11 is 4.83. The third kappa shape index (κ3) is 1.57. The molecule has 1 aromatic heterocycles. The van der Waals surface area contributed by atoms with Gasteiger partial charge in [-0.25, -0.2) is 9.97 Å². The summed E-state index contributed by atoms with van der Waals surface area (Å²) < 4.78 is 0.887. The summed E-state index contributed by atoms with van der Waals surface area (Å²) in [7, 11) is 0. The fourth-order valence-electron chi connectivity index (χ4n) is 1.15. The van der Waals surface area contributed by atoms with Crippen LogP contribution in [0.5, 0.6) is 5.75 Å². The quantitative estimate of drug-likeness (QED) is 0.640. The molecule has 0 unspecified atom stereocenters. The molecule has 14 heavy (non-hydrogen) atoms. The molecule has 0 radical (unpaired) electrons. The first-order valence-electron chi connectivity index (χ1n) is 3.90. The van der Waals surface area contributed by atoms with Crippen LogP contribution in [0.1, 0.15) is 0 Å². The monoisotopic (exact) mass is 270 g/mol. The van der Waals surface area contributed by atoms with Crippen LogP contribution >= 0.6 is 27.7 Å². The Balaban J connectivity index is 2.80. The fraction of sp³-hybridized carbons (Fsp3) is 0.111. The number of hydrogen-bond donors (Lipinski definition) is 1. The SMILES string of the molecule is CSc1ncc2c(Br)ccc(O)c2n1. The van der Waals surface area contributed by atoms with Gasteiger partial charge in [-0.1, -0.05) is 27.7 Å². The van der Waals surface area contributed by atoms with Crippen molar-refractivity contribution in [3.05, 3.63) is 22.8 Å². The van der Waals surface area contributed by atoms with Gasteiger partial charge in [0.2, 0.25) is 0 Å². The van der Waals surface area contributed by atoms with E-state index in [1.165, 1.54) is 11.8 Å². The Bertz CT molecular complexity index is 489. The fourth-order valence-corrected chi connectivity index (χ4v) is 1.92. The van der Waals surface area contributed by atoms with Crippen molar-refractivity contribution >= 4 is 38.6 Å². The van der Waals surface area contributed by atoms with Crippen LogP contribution in [0, 0.1) is 0 Å². The molecular weight excluding hydrogens is 264 g/mol. The first kappa shape index (κ1) is 9.73. The Hall–Kier alpha value is -0.810. The highest BCUT2D eigenvalue weighted by Crippen LogP contribution is 2.29. The molecule has 72 valence electrons. The third-order valence-electron chi connectivity index (χ3n) is 1.84. The lowest BCUT2D eigenvalue weighted by Gasteiger charge is -2.03. The molecule has 0 amide bonds. The summed E-state index contributed by atoms with van der Waals surface area (Å²) in [5.74, 6) is 0.181. The maximum atomic E-state index is 9.60. The van der Waals surface area contributed by atoms with Gasteiger partial charge in [-0.2, -0.15) is 0 Å². The van der Waals surface area contributed by atoms with E-state index in [2.05, 4.69) is 25.9 Å². The second-order valence-corrected chi connectivity index (χ2v) is 4.31. The van der Waals surface area contributed by atoms with E-state index in [-0.39, 0.29) is 5.75 Å². The van der Waals surface area contributed by atoms with Gasteiger partial charge in [-0.05, 0) is 18.4 Å². The van der Waals surface area contributed by atoms with Gasteiger partial charge in [0, 0.05) is 16.1 Å². The van der Waals surface area contributed by atoms with Gasteiger partial charge in [0.1, 0.15) is 11.3 Å². The molecular formula is C9H7BrN2OS. The number of halogens is 1. The summed E-state index contributed by atoms with van der Waals surface area (Å²) in [4.78, 5) is 8.36. The molecule has 1 N–H and O–H groups in total. The molecule has 1 aromatic carbocycles. The molecule has 0 aliphatic heterocycles. The lowest BCUT2D eigenvalue weighted by atomic mass is 10.2. The van der Waals surface area contributed by atoms with Crippen LogP contribution in [0.25, 0.3) is 10.9 Å². The van der Waals surface area contributed by atoms with Gasteiger partial charge in [-0.15, -0.1) is 0 Å². The Labute approximate surface area is 93.7 Å². The van der Waals surface area contributed by atoms with Crippen LogP contribution in [0.3, 0.4) is 0 Å². The summed E-state index contributed by atoms with van der Waals surface area (Å²) in [5, 5.41) is 11.1. The van der Waals surface area contributed by atoms with Gasteiger partial charge in [0.15, 0.2) is 5.16 Å². The predicted molar refractivity (Wildman–Crippen MR) is 60.7 cm³/mol. The average molecular weight is 271 g/mol. The smallest absolute Gasteiger partial charge is 0.187 e. The van der Waals surface area contributed by atoms with E-state index in [0.717, 1.165) is 9.86 Å². The van der Waals surface area contributed by atoms with Crippen molar-refractivity contribution in [2.24, 2.45) is 0 Å². The molecule has 0 spiro atoms. The van der Waals surface area contributed by atoms with Gasteiger partial charge in [0.25, 0.3) is 0 Å². The van der Waals surface area contributed by atoms with E-state index in [0.29, 0.717) is 10.7 Å². The summed E-state index contributed by atoms with van der Waals surface area (Å²) in [6.45, 7) is 0. The lowest BCUT2D eigenvalue weighted by molar-refractivity contribution is 0.480. The number of aromatic hydroxyl groups is 1. The number of phenolic OH excluding ortho intramolecular Hbond substituents is 1. The minimum Gasteiger partial charge on any atom is -0.506 e. The lowest BCUT2D eigenvalue weighted by Crippen LogP contribution is -1.87. The van der Waals surface area contributed by atoms with Crippen LogP contribution in [0.4, 0.5) is 0 Å². The summed E-state index contributed by atoms with van der Waals surface area (Å²) in [6, 6.07) is 3.39. The van der Waals surface area contributed by atoms with Crippen LogP contribution in [-0.4, -0.2) is 21.3 Å². The number of aromatic nitrogens is 2. The first-order chi connectivity index (χ1) is 6.72. The minimum absolute atomic E-state index is 0.181. The van der Waals surface area contributed by atoms with Crippen molar-refractivity contribution < 1.29 is 5.11 Å². The van der Waals surface area contributed by atoms with Crippen LogP contribution in [0.2, 0.25) is 0 Å². The van der Waals surface area contributed by atoms with Crippen molar-refractivity contribution in [2.45, 2.75) is 5.16 Å². The zero-order valence-electron chi connectivity index (χ0n) is 7.36. The first-order valence-corrected chi connectivity index (χ1v) is 5.92. The molecule has 2 rings (SSSR count). The average Bonchev–Trinajstić information content (AvgIpc) is 2.23. The zero-order valence-corrected chi connectivity index (χ0v) is 9.76. The Morgan fingerprint density at radius 1 is 1.43 bits per heavy atom. The normalized spacial score (nSPS) is 10.7. The standard InChI is InChI=1S/C9H7BrN2OS/c1-14-9-11-4-5-6(10)2-3-7(13)8(5)12-9/h2-4,13H,1H3. The Kier molecular flexibility index (Phi) is 2.60. The number of fused-ring (bicyclic) bond motifs is 1.